The third-order valence-corrected chi connectivity index (χ3v) is 5.31. The molecule has 1 aliphatic rings. The van der Waals surface area contributed by atoms with Crippen molar-refractivity contribution in [3.63, 3.8) is 0 Å². The molecule has 0 atom stereocenters. The average Bonchev–Trinajstić information content (AvgIpc) is 3.32. The number of aromatic nitrogens is 5. The predicted molar refractivity (Wildman–Crippen MR) is 98.1 cm³/mol. The van der Waals surface area contributed by atoms with Crippen molar-refractivity contribution in [2.24, 2.45) is 0 Å². The summed E-state index contributed by atoms with van der Waals surface area (Å²) in [6.07, 6.45) is 4.21. The van der Waals surface area contributed by atoms with E-state index in [-0.39, 0.29) is 5.56 Å². The highest BCUT2D eigenvalue weighted by Gasteiger charge is 2.30. The molecule has 0 N–H and O–H groups in total. The number of hydrogen-bond donors (Lipinski definition) is 0. The lowest BCUT2D eigenvalue weighted by Crippen LogP contribution is -2.15. The first-order chi connectivity index (χ1) is 12.0. The lowest BCUT2D eigenvalue weighted by atomic mass is 10.2. The molecule has 0 aliphatic heterocycles. The SMILES string of the molecule is Cc1ccc2nc(CSc3nnc(C(C)C)n3C3CC3)cc(=O)n2c1. The second-order valence-corrected chi connectivity index (χ2v) is 7.85. The number of aryl methyl sites for hydroxylation is 1. The Kier molecular flexibility index (Phi) is 4.11. The number of fused-ring (bicyclic) bond motifs is 1. The minimum atomic E-state index is -0.0455. The molecule has 0 aromatic carbocycles. The zero-order valence-corrected chi connectivity index (χ0v) is 15.5. The van der Waals surface area contributed by atoms with E-state index < -0.39 is 0 Å². The summed E-state index contributed by atoms with van der Waals surface area (Å²) in [7, 11) is 0. The standard InChI is InChI=1S/C18H21N5OS/c1-11(2)17-20-21-18(23(17)14-5-6-14)25-10-13-8-16(24)22-9-12(3)4-7-15(22)19-13/h4,7-9,11,14H,5-6,10H2,1-3H3. The molecule has 4 rings (SSSR count). The van der Waals surface area contributed by atoms with Crippen molar-refractivity contribution in [1.82, 2.24) is 24.1 Å². The van der Waals surface area contributed by atoms with Crippen LogP contribution in [-0.4, -0.2) is 24.1 Å². The Morgan fingerprint density at radius 2 is 2.08 bits per heavy atom. The summed E-state index contributed by atoms with van der Waals surface area (Å²) >= 11 is 1.61. The fourth-order valence-electron chi connectivity index (χ4n) is 2.93. The lowest BCUT2D eigenvalue weighted by Gasteiger charge is -2.10. The molecule has 130 valence electrons. The van der Waals surface area contributed by atoms with Crippen molar-refractivity contribution in [2.75, 3.05) is 0 Å². The van der Waals surface area contributed by atoms with Crippen LogP contribution >= 0.6 is 11.8 Å². The highest BCUT2D eigenvalue weighted by molar-refractivity contribution is 7.98. The Balaban J connectivity index is 1.61. The van der Waals surface area contributed by atoms with E-state index in [9.17, 15) is 4.79 Å². The summed E-state index contributed by atoms with van der Waals surface area (Å²) in [6.45, 7) is 6.25. The monoisotopic (exact) mass is 355 g/mol. The topological polar surface area (TPSA) is 65.1 Å². The van der Waals surface area contributed by atoms with E-state index in [1.807, 2.05) is 25.3 Å². The second kappa shape index (κ2) is 6.29. The fraction of sp³-hybridized carbons (Fsp3) is 0.444. The third kappa shape index (κ3) is 3.20. The number of hydrogen-bond acceptors (Lipinski definition) is 5. The first-order valence-corrected chi connectivity index (χ1v) is 9.58. The van der Waals surface area contributed by atoms with Crippen LogP contribution < -0.4 is 5.56 Å². The summed E-state index contributed by atoms with van der Waals surface area (Å²) in [6, 6.07) is 6.00. The van der Waals surface area contributed by atoms with Crippen molar-refractivity contribution in [3.8, 4) is 0 Å². The molecule has 7 heteroatoms. The van der Waals surface area contributed by atoms with Crippen LogP contribution in [0.15, 0.2) is 34.3 Å². The minimum Gasteiger partial charge on any atom is -0.303 e. The normalized spacial score (nSPS) is 14.6. The van der Waals surface area contributed by atoms with E-state index in [0.29, 0.717) is 23.4 Å². The zero-order valence-electron chi connectivity index (χ0n) is 14.6. The van der Waals surface area contributed by atoms with E-state index in [1.54, 1.807) is 22.2 Å². The summed E-state index contributed by atoms with van der Waals surface area (Å²) < 4.78 is 3.86. The van der Waals surface area contributed by atoms with Crippen LogP contribution in [0.1, 0.15) is 55.7 Å². The molecule has 0 bridgehead atoms. The molecule has 3 heterocycles. The van der Waals surface area contributed by atoms with Crippen LogP contribution in [0.25, 0.3) is 5.65 Å². The van der Waals surface area contributed by atoms with Crippen molar-refractivity contribution < 1.29 is 0 Å². The molecule has 1 saturated carbocycles. The maximum Gasteiger partial charge on any atom is 0.258 e. The molecule has 0 spiro atoms. The Hall–Kier alpha value is -2.15. The maximum absolute atomic E-state index is 12.3. The molecule has 0 radical (unpaired) electrons. The molecular weight excluding hydrogens is 334 g/mol. The highest BCUT2D eigenvalue weighted by Crippen LogP contribution is 2.40. The van der Waals surface area contributed by atoms with Crippen molar-refractivity contribution in [1.29, 1.82) is 0 Å². The molecular formula is C18H21N5OS. The minimum absolute atomic E-state index is 0.0455. The van der Waals surface area contributed by atoms with Gasteiger partial charge in [-0.25, -0.2) is 4.98 Å². The van der Waals surface area contributed by atoms with E-state index in [1.165, 1.54) is 12.8 Å². The Morgan fingerprint density at radius 1 is 1.28 bits per heavy atom. The van der Waals surface area contributed by atoms with Crippen LogP contribution in [0, 0.1) is 6.92 Å². The van der Waals surface area contributed by atoms with E-state index in [4.69, 9.17) is 0 Å². The van der Waals surface area contributed by atoms with Gasteiger partial charge in [0.25, 0.3) is 5.56 Å². The summed E-state index contributed by atoms with van der Waals surface area (Å²) in [5.74, 6) is 2.02. The molecule has 0 amide bonds. The molecule has 3 aromatic heterocycles. The van der Waals surface area contributed by atoms with Gasteiger partial charge in [0.05, 0.1) is 5.69 Å². The third-order valence-electron chi connectivity index (χ3n) is 4.33. The Labute approximate surface area is 150 Å². The van der Waals surface area contributed by atoms with E-state index >= 15 is 0 Å². The van der Waals surface area contributed by atoms with Crippen LogP contribution in [-0.2, 0) is 5.75 Å². The van der Waals surface area contributed by atoms with Gasteiger partial charge in [-0.1, -0.05) is 31.7 Å². The van der Waals surface area contributed by atoms with Gasteiger partial charge in [0.1, 0.15) is 11.5 Å². The molecule has 1 fully saturated rings. The van der Waals surface area contributed by atoms with Crippen molar-refractivity contribution in [2.45, 2.75) is 56.5 Å². The van der Waals surface area contributed by atoms with Gasteiger partial charge in [0.2, 0.25) is 0 Å². The molecule has 1 aliphatic carbocycles. The van der Waals surface area contributed by atoms with E-state index in [0.717, 1.165) is 22.2 Å². The second-order valence-electron chi connectivity index (χ2n) is 6.91. The summed E-state index contributed by atoms with van der Waals surface area (Å²) in [5.41, 5.74) is 2.45. The molecule has 25 heavy (non-hydrogen) atoms. The van der Waals surface area contributed by atoms with Gasteiger partial charge in [-0.05, 0) is 31.4 Å². The number of rotatable bonds is 5. The summed E-state index contributed by atoms with van der Waals surface area (Å²) in [5, 5.41) is 9.67. The van der Waals surface area contributed by atoms with E-state index in [2.05, 4.69) is 33.6 Å². The predicted octanol–water partition coefficient (Wildman–Crippen LogP) is 3.35. The van der Waals surface area contributed by atoms with Crippen LogP contribution in [0.5, 0.6) is 0 Å². The fourth-order valence-corrected chi connectivity index (χ4v) is 3.83. The Bertz CT molecular complexity index is 987. The van der Waals surface area contributed by atoms with Gasteiger partial charge in [-0.15, -0.1) is 10.2 Å². The van der Waals surface area contributed by atoms with Crippen LogP contribution in [0.2, 0.25) is 0 Å². The van der Waals surface area contributed by atoms with Gasteiger partial charge >= 0.3 is 0 Å². The number of nitrogens with zero attached hydrogens (tertiary/aromatic N) is 5. The smallest absolute Gasteiger partial charge is 0.258 e. The van der Waals surface area contributed by atoms with Gasteiger partial charge in [-0.2, -0.15) is 0 Å². The number of pyridine rings is 1. The zero-order chi connectivity index (χ0) is 17.6. The van der Waals surface area contributed by atoms with Gasteiger partial charge in [0.15, 0.2) is 5.16 Å². The number of thioether (sulfide) groups is 1. The highest BCUT2D eigenvalue weighted by atomic mass is 32.2. The van der Waals surface area contributed by atoms with Gasteiger partial charge < -0.3 is 4.57 Å². The van der Waals surface area contributed by atoms with Crippen LogP contribution in [0.3, 0.4) is 0 Å². The van der Waals surface area contributed by atoms with Crippen molar-refractivity contribution >= 4 is 17.4 Å². The van der Waals surface area contributed by atoms with Crippen molar-refractivity contribution in [3.05, 3.63) is 51.8 Å². The summed E-state index contributed by atoms with van der Waals surface area (Å²) in [4.78, 5) is 16.9. The largest absolute Gasteiger partial charge is 0.303 e. The lowest BCUT2D eigenvalue weighted by molar-refractivity contribution is 0.599. The van der Waals surface area contributed by atoms with Gasteiger partial charge in [-0.3, -0.25) is 9.20 Å². The Morgan fingerprint density at radius 3 is 2.80 bits per heavy atom. The average molecular weight is 355 g/mol. The molecule has 0 unspecified atom stereocenters. The van der Waals surface area contributed by atoms with Gasteiger partial charge in [0, 0.05) is 30.0 Å². The molecule has 0 saturated heterocycles. The molecule has 3 aromatic rings. The maximum atomic E-state index is 12.3. The van der Waals surface area contributed by atoms with Crippen LogP contribution in [0.4, 0.5) is 0 Å². The quantitative estimate of drug-likeness (QED) is 0.657. The first kappa shape index (κ1) is 16.3. The molecule has 6 nitrogen and oxygen atoms in total. The first-order valence-electron chi connectivity index (χ1n) is 8.59.